The molecule has 22 heavy (non-hydrogen) atoms. The molecule has 0 aromatic heterocycles. The van der Waals surface area contributed by atoms with E-state index in [9.17, 15) is 30.2 Å². The van der Waals surface area contributed by atoms with Gasteiger partial charge in [0.25, 0.3) is 5.91 Å². The summed E-state index contributed by atoms with van der Waals surface area (Å²) < 4.78 is 0. The molecule has 0 aliphatic heterocycles. The monoisotopic (exact) mass is 352 g/mol. The minimum atomic E-state index is -1.73. The molecular formula is C12H14Cl2N2O6. The molecule has 0 bridgehead atoms. The maximum Gasteiger partial charge on any atom is 0.300 e. The lowest BCUT2D eigenvalue weighted by Crippen LogP contribution is -2.57. The first-order valence-electron chi connectivity index (χ1n) is 6.01. The number of aliphatic hydroxyl groups excluding tert-OH is 3. The van der Waals surface area contributed by atoms with Crippen LogP contribution in [0.3, 0.4) is 0 Å². The van der Waals surface area contributed by atoms with Crippen LogP contribution >= 0.6 is 23.2 Å². The van der Waals surface area contributed by atoms with Crippen molar-refractivity contribution < 1.29 is 25.0 Å². The Labute approximate surface area is 135 Å². The van der Waals surface area contributed by atoms with Crippen molar-refractivity contribution in [2.45, 2.75) is 12.5 Å². The van der Waals surface area contributed by atoms with Crippen molar-refractivity contribution in [3.63, 3.8) is 0 Å². The Hall–Kier alpha value is -1.45. The summed E-state index contributed by atoms with van der Waals surface area (Å²) in [7, 11) is 0. The molecule has 0 heterocycles. The second-order valence-corrected chi connectivity index (χ2v) is 5.47. The first kappa shape index (κ1) is 18.6. The van der Waals surface area contributed by atoms with Gasteiger partial charge in [-0.25, -0.2) is 0 Å². The smallest absolute Gasteiger partial charge is 0.300 e. The van der Waals surface area contributed by atoms with Crippen LogP contribution in [0, 0.1) is 17.0 Å². The van der Waals surface area contributed by atoms with E-state index in [4.69, 9.17) is 23.2 Å². The van der Waals surface area contributed by atoms with Gasteiger partial charge in [0.1, 0.15) is 16.1 Å². The average Bonchev–Trinajstić information content (AvgIpc) is 2.47. The first-order valence-corrected chi connectivity index (χ1v) is 6.76. The Morgan fingerprint density at radius 3 is 2.18 bits per heavy atom. The topological polar surface area (TPSA) is 133 Å². The minimum Gasteiger partial charge on any atom is -0.394 e. The highest BCUT2D eigenvalue weighted by Gasteiger charge is 2.35. The summed E-state index contributed by atoms with van der Waals surface area (Å²) >= 11 is 11.6. The van der Waals surface area contributed by atoms with Crippen molar-refractivity contribution >= 4 is 34.8 Å². The zero-order valence-electron chi connectivity index (χ0n) is 11.5. The Balaban J connectivity index is 3.43. The summed E-state index contributed by atoms with van der Waals surface area (Å²) in [5, 5.41) is 40.7. The number of nitro benzene ring substituents is 1. The van der Waals surface area contributed by atoms with Gasteiger partial charge < -0.3 is 20.6 Å². The van der Waals surface area contributed by atoms with Gasteiger partial charge in [0.05, 0.1) is 24.7 Å². The van der Waals surface area contributed by atoms with Crippen molar-refractivity contribution in [3.05, 3.63) is 37.4 Å². The molecule has 0 saturated heterocycles. The van der Waals surface area contributed by atoms with E-state index in [-0.39, 0.29) is 15.6 Å². The number of nitro groups is 1. The summed E-state index contributed by atoms with van der Waals surface area (Å²) in [6.07, 6.45) is 0. The standard InChI is InChI=1S/C12H14Cl2N2O6/c1-6-7(13)2-8(14)10(16(21)22)9(6)11(20)15-12(3-17,4-18)5-19/h2,17-19H,3-5H2,1H3,(H,15,20). The van der Waals surface area contributed by atoms with Gasteiger partial charge in [0.2, 0.25) is 0 Å². The lowest BCUT2D eigenvalue weighted by atomic mass is 10.00. The van der Waals surface area contributed by atoms with Crippen LogP contribution in [-0.4, -0.2) is 51.5 Å². The maximum absolute atomic E-state index is 12.3. The fourth-order valence-corrected chi connectivity index (χ4v) is 2.26. The van der Waals surface area contributed by atoms with E-state index in [1.807, 2.05) is 0 Å². The predicted octanol–water partition coefficient (Wildman–Crippen LogP) is 0.656. The van der Waals surface area contributed by atoms with Crippen LogP contribution in [0.25, 0.3) is 0 Å². The largest absolute Gasteiger partial charge is 0.394 e. The molecule has 8 nitrogen and oxygen atoms in total. The van der Waals surface area contributed by atoms with Crippen molar-refractivity contribution in [2.75, 3.05) is 19.8 Å². The molecule has 0 saturated carbocycles. The fraction of sp³-hybridized carbons (Fsp3) is 0.417. The number of rotatable bonds is 6. The molecule has 1 aromatic rings. The number of hydrogen-bond donors (Lipinski definition) is 4. The van der Waals surface area contributed by atoms with Gasteiger partial charge in [-0.3, -0.25) is 14.9 Å². The van der Waals surface area contributed by atoms with Gasteiger partial charge in [-0.2, -0.15) is 0 Å². The lowest BCUT2D eigenvalue weighted by molar-refractivity contribution is -0.385. The fourth-order valence-electron chi connectivity index (χ4n) is 1.73. The molecule has 1 aromatic carbocycles. The molecule has 0 fully saturated rings. The molecule has 10 heteroatoms. The molecule has 1 rings (SSSR count). The first-order chi connectivity index (χ1) is 10.2. The SMILES string of the molecule is Cc1c(Cl)cc(Cl)c([N+](=O)[O-])c1C(=O)NC(CO)(CO)CO. The summed E-state index contributed by atoms with van der Waals surface area (Å²) in [6, 6.07) is 1.14. The number of carbonyl (C=O) groups is 1. The number of nitrogens with zero attached hydrogens (tertiary/aromatic N) is 1. The number of nitrogens with one attached hydrogen (secondary N) is 1. The maximum atomic E-state index is 12.3. The molecule has 0 aliphatic rings. The van der Waals surface area contributed by atoms with Gasteiger partial charge in [0, 0.05) is 5.02 Å². The van der Waals surface area contributed by atoms with E-state index in [0.29, 0.717) is 0 Å². The van der Waals surface area contributed by atoms with E-state index < -0.39 is 47.4 Å². The summed E-state index contributed by atoms with van der Waals surface area (Å²) in [5.41, 5.74) is -2.67. The van der Waals surface area contributed by atoms with E-state index in [1.54, 1.807) is 0 Å². The van der Waals surface area contributed by atoms with Crippen molar-refractivity contribution in [2.24, 2.45) is 0 Å². The van der Waals surface area contributed by atoms with Crippen LogP contribution in [0.2, 0.25) is 10.0 Å². The van der Waals surface area contributed by atoms with Crippen molar-refractivity contribution in [1.29, 1.82) is 0 Å². The van der Waals surface area contributed by atoms with Gasteiger partial charge in [0.15, 0.2) is 0 Å². The molecule has 122 valence electrons. The third-order valence-electron chi connectivity index (χ3n) is 3.15. The Morgan fingerprint density at radius 1 is 1.27 bits per heavy atom. The predicted molar refractivity (Wildman–Crippen MR) is 79.3 cm³/mol. The highest BCUT2D eigenvalue weighted by Crippen LogP contribution is 2.35. The highest BCUT2D eigenvalue weighted by molar-refractivity contribution is 6.37. The normalized spacial score (nSPS) is 11.4. The molecule has 1 amide bonds. The zero-order chi connectivity index (χ0) is 17.1. The Bertz CT molecular complexity index is 596. The minimum absolute atomic E-state index is 0.0448. The molecule has 0 spiro atoms. The molecule has 4 N–H and O–H groups in total. The number of aliphatic hydroxyl groups is 3. The third kappa shape index (κ3) is 3.47. The van der Waals surface area contributed by atoms with Crippen LogP contribution in [0.1, 0.15) is 15.9 Å². The number of halogens is 2. The van der Waals surface area contributed by atoms with Crippen LogP contribution < -0.4 is 5.32 Å². The van der Waals surface area contributed by atoms with E-state index in [1.165, 1.54) is 6.92 Å². The molecular weight excluding hydrogens is 339 g/mol. The molecule has 0 unspecified atom stereocenters. The third-order valence-corrected chi connectivity index (χ3v) is 3.83. The number of hydrogen-bond acceptors (Lipinski definition) is 6. The second kappa shape index (κ2) is 7.21. The Kier molecular flexibility index (Phi) is 6.09. The summed E-state index contributed by atoms with van der Waals surface area (Å²) in [5.74, 6) is -0.995. The summed E-state index contributed by atoms with van der Waals surface area (Å²) in [6.45, 7) is -0.925. The second-order valence-electron chi connectivity index (χ2n) is 4.65. The number of benzene rings is 1. The van der Waals surface area contributed by atoms with E-state index in [2.05, 4.69) is 5.32 Å². The molecule has 0 aliphatic carbocycles. The van der Waals surface area contributed by atoms with E-state index >= 15 is 0 Å². The van der Waals surface area contributed by atoms with Crippen LogP contribution in [0.5, 0.6) is 0 Å². The number of carbonyl (C=O) groups excluding carboxylic acids is 1. The van der Waals surface area contributed by atoms with E-state index in [0.717, 1.165) is 6.07 Å². The zero-order valence-corrected chi connectivity index (χ0v) is 13.0. The molecule has 0 radical (unpaired) electrons. The number of amides is 1. The lowest BCUT2D eigenvalue weighted by Gasteiger charge is -2.28. The summed E-state index contributed by atoms with van der Waals surface area (Å²) in [4.78, 5) is 22.6. The van der Waals surface area contributed by atoms with Crippen LogP contribution in [0.4, 0.5) is 5.69 Å². The van der Waals surface area contributed by atoms with Crippen LogP contribution in [-0.2, 0) is 0 Å². The van der Waals surface area contributed by atoms with Gasteiger partial charge >= 0.3 is 5.69 Å². The van der Waals surface area contributed by atoms with Gasteiger partial charge in [-0.1, -0.05) is 23.2 Å². The van der Waals surface area contributed by atoms with Crippen molar-refractivity contribution in [3.8, 4) is 0 Å². The van der Waals surface area contributed by atoms with Gasteiger partial charge in [-0.05, 0) is 18.6 Å². The van der Waals surface area contributed by atoms with Crippen LogP contribution in [0.15, 0.2) is 6.07 Å². The molecule has 0 atom stereocenters. The van der Waals surface area contributed by atoms with Gasteiger partial charge in [-0.15, -0.1) is 0 Å². The Morgan fingerprint density at radius 2 is 1.77 bits per heavy atom. The average molecular weight is 353 g/mol. The highest BCUT2D eigenvalue weighted by atomic mass is 35.5. The van der Waals surface area contributed by atoms with Crippen molar-refractivity contribution in [1.82, 2.24) is 5.32 Å². The quantitative estimate of drug-likeness (QED) is 0.439.